The number of likely N-dealkylation sites (N-methyl/N-ethyl adjacent to an activating group) is 1. The molecular formula is C20H27N5O3. The average Bonchev–Trinajstić information content (AvgIpc) is 3.07. The van der Waals surface area contributed by atoms with E-state index in [9.17, 15) is 14.9 Å². The largest absolute Gasteiger partial charge is 0.361 e. The van der Waals surface area contributed by atoms with E-state index in [2.05, 4.69) is 22.2 Å². The molecule has 2 aromatic rings. The van der Waals surface area contributed by atoms with Crippen molar-refractivity contribution in [3.05, 3.63) is 39.6 Å². The second-order valence-corrected chi connectivity index (χ2v) is 7.90. The lowest BCUT2D eigenvalue weighted by Gasteiger charge is -2.45. The van der Waals surface area contributed by atoms with Gasteiger partial charge in [-0.15, -0.1) is 0 Å². The standard InChI is InChI=1S/C20H27N5O3/c1-4-24(5-2)20(26)22-13-7-15-16-8-14(25(27)28)9-17-19(16)12(10-21-17)6-18(15)23(3)11-13/h8-10,13,15,18,21H,4-7,11H2,1-3H3,(H,22,26)/t13-,15+,18+/m0/s1. The first-order valence-corrected chi connectivity index (χ1v) is 9.96. The minimum absolute atomic E-state index is 0.0224. The summed E-state index contributed by atoms with van der Waals surface area (Å²) in [5.41, 5.74) is 3.20. The summed E-state index contributed by atoms with van der Waals surface area (Å²) in [4.78, 5) is 30.9. The highest BCUT2D eigenvalue weighted by molar-refractivity contribution is 5.90. The molecule has 4 rings (SSSR count). The quantitative estimate of drug-likeness (QED) is 0.625. The highest BCUT2D eigenvalue weighted by Gasteiger charge is 2.40. The molecule has 150 valence electrons. The van der Waals surface area contributed by atoms with Gasteiger partial charge in [0, 0.05) is 61.4 Å². The molecule has 2 aliphatic rings. The number of nitro groups is 1. The number of aromatic nitrogens is 1. The van der Waals surface area contributed by atoms with Crippen LogP contribution in [-0.4, -0.2) is 64.5 Å². The maximum absolute atomic E-state index is 12.5. The number of nitrogens with zero attached hydrogens (tertiary/aromatic N) is 3. The summed E-state index contributed by atoms with van der Waals surface area (Å²) in [5.74, 6) is 0.159. The summed E-state index contributed by atoms with van der Waals surface area (Å²) in [7, 11) is 2.08. The topological polar surface area (TPSA) is 94.5 Å². The molecule has 2 N–H and O–H groups in total. The Bertz CT molecular complexity index is 920. The molecule has 0 unspecified atom stereocenters. The molecule has 1 aromatic heterocycles. The number of amides is 2. The van der Waals surface area contributed by atoms with E-state index in [0.29, 0.717) is 13.1 Å². The first-order valence-electron chi connectivity index (χ1n) is 9.96. The van der Waals surface area contributed by atoms with E-state index in [1.165, 1.54) is 5.56 Å². The SMILES string of the molecule is CCN(CC)C(=O)N[C@H]1C[C@@H]2c3cc([N+](=O)[O-])cc4[nH]cc(c34)C[C@H]2N(C)C1. The number of hydrogen-bond acceptors (Lipinski definition) is 4. The van der Waals surface area contributed by atoms with Crippen molar-refractivity contribution in [3.8, 4) is 0 Å². The molecule has 8 heteroatoms. The van der Waals surface area contributed by atoms with Gasteiger partial charge in [-0.05, 0) is 44.9 Å². The van der Waals surface area contributed by atoms with E-state index in [-0.39, 0.29) is 34.6 Å². The van der Waals surface area contributed by atoms with E-state index < -0.39 is 0 Å². The zero-order valence-corrected chi connectivity index (χ0v) is 16.6. The maximum atomic E-state index is 12.5. The molecule has 0 spiro atoms. The summed E-state index contributed by atoms with van der Waals surface area (Å²) in [6.07, 6.45) is 3.70. The van der Waals surface area contributed by atoms with Gasteiger partial charge >= 0.3 is 6.03 Å². The number of fused-ring (bicyclic) bond motifs is 2. The monoisotopic (exact) mass is 385 g/mol. The number of piperidine rings is 1. The summed E-state index contributed by atoms with van der Waals surface area (Å²) >= 11 is 0. The van der Waals surface area contributed by atoms with Crippen LogP contribution in [0, 0.1) is 10.1 Å². The third-order valence-corrected chi connectivity index (χ3v) is 6.37. The van der Waals surface area contributed by atoms with Crippen LogP contribution >= 0.6 is 0 Å². The minimum atomic E-state index is -0.327. The van der Waals surface area contributed by atoms with Gasteiger partial charge in [-0.3, -0.25) is 10.1 Å². The predicted molar refractivity (Wildman–Crippen MR) is 108 cm³/mol. The Hall–Kier alpha value is -2.61. The van der Waals surface area contributed by atoms with Crippen molar-refractivity contribution in [2.24, 2.45) is 0 Å². The summed E-state index contributed by atoms with van der Waals surface area (Å²) < 4.78 is 0. The van der Waals surface area contributed by atoms with Crippen LogP contribution in [0.15, 0.2) is 18.3 Å². The first-order chi connectivity index (χ1) is 13.4. The molecule has 1 aliphatic carbocycles. The Balaban J connectivity index is 1.67. The van der Waals surface area contributed by atoms with Crippen LogP contribution in [0.1, 0.15) is 37.3 Å². The number of rotatable bonds is 4. The zero-order chi connectivity index (χ0) is 20.0. The molecule has 0 radical (unpaired) electrons. The average molecular weight is 385 g/mol. The van der Waals surface area contributed by atoms with Gasteiger partial charge in [-0.2, -0.15) is 0 Å². The Morgan fingerprint density at radius 1 is 1.39 bits per heavy atom. The van der Waals surface area contributed by atoms with Crippen molar-refractivity contribution in [3.63, 3.8) is 0 Å². The normalized spacial score (nSPS) is 24.0. The van der Waals surface area contributed by atoms with Gasteiger partial charge in [0.05, 0.1) is 10.4 Å². The van der Waals surface area contributed by atoms with Crippen LogP contribution in [0.25, 0.3) is 10.9 Å². The number of urea groups is 1. The van der Waals surface area contributed by atoms with Crippen molar-refractivity contribution in [2.75, 3.05) is 26.7 Å². The van der Waals surface area contributed by atoms with Gasteiger partial charge in [-0.1, -0.05) is 0 Å². The van der Waals surface area contributed by atoms with Crippen LogP contribution in [0.3, 0.4) is 0 Å². The Morgan fingerprint density at radius 2 is 2.14 bits per heavy atom. The van der Waals surface area contributed by atoms with Crippen molar-refractivity contribution < 1.29 is 9.72 Å². The van der Waals surface area contributed by atoms with Crippen LogP contribution in [0.4, 0.5) is 10.5 Å². The van der Waals surface area contributed by atoms with Crippen molar-refractivity contribution in [1.29, 1.82) is 0 Å². The second kappa shape index (κ2) is 7.09. The second-order valence-electron chi connectivity index (χ2n) is 7.90. The number of carbonyl (C=O) groups excluding carboxylic acids is 1. The summed E-state index contributed by atoms with van der Waals surface area (Å²) in [5, 5.41) is 15.7. The summed E-state index contributed by atoms with van der Waals surface area (Å²) in [6.45, 7) is 6.08. The molecule has 1 aromatic carbocycles. The number of hydrogen-bond donors (Lipinski definition) is 2. The van der Waals surface area contributed by atoms with E-state index in [1.807, 2.05) is 20.0 Å². The molecule has 1 fully saturated rings. The van der Waals surface area contributed by atoms with Gasteiger partial charge in [0.15, 0.2) is 0 Å². The molecule has 2 amide bonds. The van der Waals surface area contributed by atoms with Crippen LogP contribution in [-0.2, 0) is 6.42 Å². The third kappa shape index (κ3) is 3.01. The maximum Gasteiger partial charge on any atom is 0.317 e. The number of H-pyrrole nitrogens is 1. The number of likely N-dealkylation sites (tertiary alicyclic amines) is 1. The van der Waals surface area contributed by atoms with Crippen molar-refractivity contribution >= 4 is 22.6 Å². The molecule has 28 heavy (non-hydrogen) atoms. The predicted octanol–water partition coefficient (Wildman–Crippen LogP) is 2.84. The molecule has 1 saturated heterocycles. The lowest BCUT2D eigenvalue weighted by molar-refractivity contribution is -0.384. The highest BCUT2D eigenvalue weighted by atomic mass is 16.6. The smallest absolute Gasteiger partial charge is 0.317 e. The lowest BCUT2D eigenvalue weighted by atomic mass is 9.74. The highest BCUT2D eigenvalue weighted by Crippen LogP contribution is 2.44. The fourth-order valence-corrected chi connectivity index (χ4v) is 4.98. The van der Waals surface area contributed by atoms with Crippen LogP contribution in [0.5, 0.6) is 0 Å². The van der Waals surface area contributed by atoms with Gasteiger partial charge < -0.3 is 20.1 Å². The molecule has 0 bridgehead atoms. The lowest BCUT2D eigenvalue weighted by Crippen LogP contribution is -2.56. The number of nitrogens with one attached hydrogen (secondary N) is 2. The molecule has 2 heterocycles. The number of non-ortho nitro benzene ring substituents is 1. The van der Waals surface area contributed by atoms with E-state index >= 15 is 0 Å². The molecule has 8 nitrogen and oxygen atoms in total. The minimum Gasteiger partial charge on any atom is -0.361 e. The fraction of sp³-hybridized carbons (Fsp3) is 0.550. The van der Waals surface area contributed by atoms with Crippen LogP contribution < -0.4 is 5.32 Å². The number of aromatic amines is 1. The Morgan fingerprint density at radius 3 is 2.82 bits per heavy atom. The van der Waals surface area contributed by atoms with E-state index in [0.717, 1.165) is 35.9 Å². The zero-order valence-electron chi connectivity index (χ0n) is 16.6. The van der Waals surface area contributed by atoms with Crippen molar-refractivity contribution in [2.45, 2.75) is 44.7 Å². The number of benzene rings is 1. The molecule has 3 atom stereocenters. The summed E-state index contributed by atoms with van der Waals surface area (Å²) in [6, 6.07) is 3.63. The molecule has 0 saturated carbocycles. The van der Waals surface area contributed by atoms with Crippen LogP contribution in [0.2, 0.25) is 0 Å². The fourth-order valence-electron chi connectivity index (χ4n) is 4.98. The van der Waals surface area contributed by atoms with Gasteiger partial charge in [0.1, 0.15) is 0 Å². The van der Waals surface area contributed by atoms with Gasteiger partial charge in [0.25, 0.3) is 5.69 Å². The van der Waals surface area contributed by atoms with Gasteiger partial charge in [-0.25, -0.2) is 4.79 Å². The first kappa shape index (κ1) is 18.7. The number of nitro benzene ring substituents is 1. The van der Waals surface area contributed by atoms with Crippen molar-refractivity contribution in [1.82, 2.24) is 20.1 Å². The molecular weight excluding hydrogens is 358 g/mol. The Labute approximate surface area is 164 Å². The van der Waals surface area contributed by atoms with E-state index in [4.69, 9.17) is 0 Å². The van der Waals surface area contributed by atoms with E-state index in [1.54, 1.807) is 17.0 Å². The third-order valence-electron chi connectivity index (χ3n) is 6.37. The number of carbonyl (C=O) groups is 1. The van der Waals surface area contributed by atoms with Gasteiger partial charge in [0.2, 0.25) is 0 Å². The Kier molecular flexibility index (Phi) is 4.74. The molecule has 1 aliphatic heterocycles.